The molecule has 90 valence electrons. The van der Waals surface area contributed by atoms with Crippen LogP contribution in [0.3, 0.4) is 0 Å². The van der Waals surface area contributed by atoms with Gasteiger partial charge in [-0.05, 0) is 32.0 Å². The van der Waals surface area contributed by atoms with Gasteiger partial charge in [0.25, 0.3) is 0 Å². The van der Waals surface area contributed by atoms with Crippen molar-refractivity contribution >= 4 is 11.6 Å². The summed E-state index contributed by atoms with van der Waals surface area (Å²) in [5.74, 6) is 1.08. The number of furan rings is 1. The maximum atomic E-state index is 13.7. The Labute approximate surface area is 104 Å². The Balaban J connectivity index is 2.43. The molecule has 1 atom stereocenters. The highest BCUT2D eigenvalue weighted by atomic mass is 35.5. The third-order valence-electron chi connectivity index (χ3n) is 2.71. The second-order valence-electron chi connectivity index (χ2n) is 4.01. The van der Waals surface area contributed by atoms with Crippen molar-refractivity contribution in [2.75, 3.05) is 0 Å². The van der Waals surface area contributed by atoms with Crippen molar-refractivity contribution in [3.05, 3.63) is 57.8 Å². The van der Waals surface area contributed by atoms with E-state index in [1.165, 1.54) is 6.07 Å². The van der Waals surface area contributed by atoms with Crippen molar-refractivity contribution in [1.82, 2.24) is 0 Å². The number of hydrogen-bond donors (Lipinski definition) is 1. The Kier molecular flexibility index (Phi) is 3.22. The molecule has 0 aliphatic heterocycles. The summed E-state index contributed by atoms with van der Waals surface area (Å²) in [7, 11) is 0. The molecular weight excluding hydrogens is 241 g/mol. The van der Waals surface area contributed by atoms with Crippen molar-refractivity contribution in [3.8, 4) is 0 Å². The number of hydrogen-bond acceptors (Lipinski definition) is 2. The van der Waals surface area contributed by atoms with Gasteiger partial charge in [0.2, 0.25) is 0 Å². The third kappa shape index (κ3) is 2.35. The van der Waals surface area contributed by atoms with Crippen LogP contribution in [0.4, 0.5) is 4.39 Å². The molecule has 0 saturated carbocycles. The smallest absolute Gasteiger partial charge is 0.129 e. The van der Waals surface area contributed by atoms with Crippen LogP contribution >= 0.6 is 11.6 Å². The lowest BCUT2D eigenvalue weighted by Crippen LogP contribution is -2.13. The van der Waals surface area contributed by atoms with Crippen LogP contribution in [0.5, 0.6) is 0 Å². The molecule has 17 heavy (non-hydrogen) atoms. The molecule has 2 rings (SSSR count). The predicted molar refractivity (Wildman–Crippen MR) is 65.6 cm³/mol. The van der Waals surface area contributed by atoms with Crippen LogP contribution in [0, 0.1) is 19.7 Å². The van der Waals surface area contributed by atoms with Gasteiger partial charge < -0.3 is 10.2 Å². The second kappa shape index (κ2) is 4.51. The normalized spacial score (nSPS) is 12.8. The summed E-state index contributed by atoms with van der Waals surface area (Å²) >= 11 is 5.70. The van der Waals surface area contributed by atoms with E-state index in [1.807, 2.05) is 19.9 Å². The van der Waals surface area contributed by atoms with Crippen molar-refractivity contribution in [1.29, 1.82) is 0 Å². The van der Waals surface area contributed by atoms with E-state index in [9.17, 15) is 4.39 Å². The molecule has 0 aliphatic rings. The minimum Gasteiger partial charge on any atom is -0.466 e. The van der Waals surface area contributed by atoms with Crippen molar-refractivity contribution in [2.24, 2.45) is 5.73 Å². The van der Waals surface area contributed by atoms with Gasteiger partial charge >= 0.3 is 0 Å². The zero-order chi connectivity index (χ0) is 12.6. The fourth-order valence-electron chi connectivity index (χ4n) is 1.88. The summed E-state index contributed by atoms with van der Waals surface area (Å²) in [5, 5.41) is 0.360. The standard InChI is InChI=1S/C13H13ClFNO/c1-7-5-11(8(2)17-7)13(16)10-4-3-9(14)6-12(10)15/h3-6,13H,16H2,1-2H3. The van der Waals surface area contributed by atoms with Gasteiger partial charge in [-0.25, -0.2) is 4.39 Å². The summed E-state index contributed by atoms with van der Waals surface area (Å²) in [5.41, 5.74) is 7.25. The minimum absolute atomic E-state index is 0.360. The van der Waals surface area contributed by atoms with Gasteiger partial charge in [-0.1, -0.05) is 17.7 Å². The lowest BCUT2D eigenvalue weighted by Gasteiger charge is -2.12. The van der Waals surface area contributed by atoms with Crippen molar-refractivity contribution in [3.63, 3.8) is 0 Å². The van der Waals surface area contributed by atoms with Crippen LogP contribution in [0.1, 0.15) is 28.7 Å². The fourth-order valence-corrected chi connectivity index (χ4v) is 2.04. The molecule has 2 aromatic rings. The van der Waals surface area contributed by atoms with E-state index in [4.69, 9.17) is 21.8 Å². The zero-order valence-electron chi connectivity index (χ0n) is 9.63. The molecule has 0 bridgehead atoms. The molecule has 0 radical (unpaired) electrons. The van der Waals surface area contributed by atoms with Gasteiger partial charge in [-0.15, -0.1) is 0 Å². The molecule has 0 spiro atoms. The average molecular weight is 254 g/mol. The largest absolute Gasteiger partial charge is 0.466 e. The highest BCUT2D eigenvalue weighted by Gasteiger charge is 2.18. The number of nitrogens with two attached hydrogens (primary N) is 1. The summed E-state index contributed by atoms with van der Waals surface area (Å²) in [6, 6.07) is 5.78. The topological polar surface area (TPSA) is 39.2 Å². The summed E-state index contributed by atoms with van der Waals surface area (Å²) in [4.78, 5) is 0. The zero-order valence-corrected chi connectivity index (χ0v) is 10.4. The van der Waals surface area contributed by atoms with Gasteiger partial charge in [-0.2, -0.15) is 0 Å². The van der Waals surface area contributed by atoms with Gasteiger partial charge in [0, 0.05) is 16.1 Å². The summed E-state index contributed by atoms with van der Waals surface area (Å²) < 4.78 is 19.1. The monoisotopic (exact) mass is 253 g/mol. The Bertz CT molecular complexity index is 550. The van der Waals surface area contributed by atoms with Crippen molar-refractivity contribution < 1.29 is 8.81 Å². The molecule has 1 aromatic carbocycles. The number of halogens is 2. The molecule has 0 saturated heterocycles. The van der Waals surface area contributed by atoms with Crippen LogP contribution in [0.2, 0.25) is 5.02 Å². The number of aryl methyl sites for hydroxylation is 2. The molecule has 1 heterocycles. The summed E-state index contributed by atoms with van der Waals surface area (Å²) in [6.07, 6.45) is 0. The van der Waals surface area contributed by atoms with E-state index in [0.29, 0.717) is 16.3 Å². The Morgan fingerprint density at radius 1 is 1.24 bits per heavy atom. The van der Waals surface area contributed by atoms with Crippen molar-refractivity contribution in [2.45, 2.75) is 19.9 Å². The van der Waals surface area contributed by atoms with Gasteiger partial charge in [0.15, 0.2) is 0 Å². The van der Waals surface area contributed by atoms with Gasteiger partial charge in [0.05, 0.1) is 6.04 Å². The van der Waals surface area contributed by atoms with E-state index >= 15 is 0 Å². The van der Waals surface area contributed by atoms with E-state index in [1.54, 1.807) is 12.1 Å². The first-order valence-corrected chi connectivity index (χ1v) is 5.64. The predicted octanol–water partition coefficient (Wildman–Crippen LogP) is 3.74. The van der Waals surface area contributed by atoms with E-state index in [0.717, 1.165) is 11.3 Å². The quantitative estimate of drug-likeness (QED) is 0.886. The van der Waals surface area contributed by atoms with Crippen LogP contribution in [0.25, 0.3) is 0 Å². The maximum absolute atomic E-state index is 13.7. The van der Waals surface area contributed by atoms with Crippen LogP contribution < -0.4 is 5.73 Å². The molecule has 0 aliphatic carbocycles. The van der Waals surface area contributed by atoms with Crippen LogP contribution in [0.15, 0.2) is 28.7 Å². The Morgan fingerprint density at radius 3 is 2.47 bits per heavy atom. The highest BCUT2D eigenvalue weighted by Crippen LogP contribution is 2.28. The highest BCUT2D eigenvalue weighted by molar-refractivity contribution is 6.30. The molecule has 2 N–H and O–H groups in total. The van der Waals surface area contributed by atoms with E-state index in [2.05, 4.69) is 0 Å². The van der Waals surface area contributed by atoms with E-state index in [-0.39, 0.29) is 0 Å². The summed E-state index contributed by atoms with van der Waals surface area (Å²) in [6.45, 7) is 3.65. The average Bonchev–Trinajstić information content (AvgIpc) is 2.57. The van der Waals surface area contributed by atoms with E-state index < -0.39 is 11.9 Å². The molecular formula is C13H13ClFNO. The molecule has 0 amide bonds. The lowest BCUT2D eigenvalue weighted by molar-refractivity contribution is 0.499. The molecule has 1 aromatic heterocycles. The molecule has 0 fully saturated rings. The van der Waals surface area contributed by atoms with Crippen LogP contribution in [-0.2, 0) is 0 Å². The fraction of sp³-hybridized carbons (Fsp3) is 0.231. The first-order valence-electron chi connectivity index (χ1n) is 5.26. The second-order valence-corrected chi connectivity index (χ2v) is 4.45. The Hall–Kier alpha value is -1.32. The molecule has 1 unspecified atom stereocenters. The van der Waals surface area contributed by atoms with Gasteiger partial charge in [0.1, 0.15) is 17.3 Å². The minimum atomic E-state index is -0.537. The maximum Gasteiger partial charge on any atom is 0.129 e. The number of rotatable bonds is 2. The molecule has 2 nitrogen and oxygen atoms in total. The van der Waals surface area contributed by atoms with Crippen LogP contribution in [-0.4, -0.2) is 0 Å². The SMILES string of the molecule is Cc1cc(C(N)c2ccc(Cl)cc2F)c(C)o1. The first-order chi connectivity index (χ1) is 7.99. The number of benzene rings is 1. The lowest BCUT2D eigenvalue weighted by atomic mass is 9.99. The third-order valence-corrected chi connectivity index (χ3v) is 2.95. The van der Waals surface area contributed by atoms with Gasteiger partial charge in [-0.3, -0.25) is 0 Å². The Morgan fingerprint density at radius 2 is 1.94 bits per heavy atom. The first kappa shape index (κ1) is 12.1. The molecule has 4 heteroatoms.